The number of nitrogens with one attached hydrogen (secondary N) is 2. The smallest absolute Gasteiger partial charge is 0.287 e. The molecule has 1 aromatic heterocycles. The monoisotopic (exact) mass is 405 g/mol. The van der Waals surface area contributed by atoms with Crippen LogP contribution in [0.3, 0.4) is 0 Å². The van der Waals surface area contributed by atoms with Crippen molar-refractivity contribution in [3.05, 3.63) is 60.1 Å². The molecular weight excluding hydrogens is 382 g/mol. The minimum atomic E-state index is -3.04. The van der Waals surface area contributed by atoms with Gasteiger partial charge in [0.1, 0.15) is 6.04 Å². The first-order chi connectivity index (χ1) is 13.5. The van der Waals surface area contributed by atoms with Gasteiger partial charge in [-0.1, -0.05) is 30.3 Å². The van der Waals surface area contributed by atoms with Crippen LogP contribution in [0.2, 0.25) is 0 Å². The molecule has 0 spiro atoms. The molecule has 2 heterocycles. The number of hydrogen-bond donors (Lipinski definition) is 2. The van der Waals surface area contributed by atoms with Crippen molar-refractivity contribution >= 4 is 21.7 Å². The third-order valence-corrected chi connectivity index (χ3v) is 6.17. The van der Waals surface area contributed by atoms with E-state index in [1.165, 1.54) is 6.26 Å². The van der Waals surface area contributed by atoms with E-state index in [-0.39, 0.29) is 42.2 Å². The molecule has 1 fully saturated rings. The van der Waals surface area contributed by atoms with Gasteiger partial charge in [-0.2, -0.15) is 0 Å². The molecule has 1 aromatic carbocycles. The van der Waals surface area contributed by atoms with E-state index in [2.05, 4.69) is 10.6 Å². The molecule has 1 unspecified atom stereocenters. The van der Waals surface area contributed by atoms with Crippen molar-refractivity contribution < 1.29 is 22.4 Å². The van der Waals surface area contributed by atoms with Crippen LogP contribution < -0.4 is 10.6 Å². The molecule has 0 radical (unpaired) electrons. The lowest BCUT2D eigenvalue weighted by Crippen LogP contribution is -2.48. The van der Waals surface area contributed by atoms with Crippen LogP contribution in [0.4, 0.5) is 0 Å². The summed E-state index contributed by atoms with van der Waals surface area (Å²) in [6.45, 7) is 1.12. The number of rotatable bonds is 7. The molecule has 150 valence electrons. The van der Waals surface area contributed by atoms with Crippen molar-refractivity contribution in [2.45, 2.75) is 6.04 Å². The van der Waals surface area contributed by atoms with Crippen molar-refractivity contribution in [1.82, 2.24) is 15.5 Å². The molecular formula is C19H23N3O5S. The van der Waals surface area contributed by atoms with Gasteiger partial charge in [0, 0.05) is 26.2 Å². The van der Waals surface area contributed by atoms with Crippen LogP contribution in [0.15, 0.2) is 53.1 Å². The van der Waals surface area contributed by atoms with Crippen molar-refractivity contribution in [2.24, 2.45) is 0 Å². The second-order valence-electron chi connectivity index (χ2n) is 6.53. The summed E-state index contributed by atoms with van der Waals surface area (Å²) < 4.78 is 28.5. The first-order valence-corrected chi connectivity index (χ1v) is 10.9. The summed E-state index contributed by atoms with van der Waals surface area (Å²) in [5.41, 5.74) is 0.805. The highest BCUT2D eigenvalue weighted by Gasteiger charge is 2.32. The Morgan fingerprint density at radius 2 is 1.68 bits per heavy atom. The van der Waals surface area contributed by atoms with Crippen LogP contribution in [-0.2, 0) is 14.6 Å². The standard InChI is InChI=1S/C19H23N3O5S/c23-18(16-7-4-12-27-16)20-8-9-21-19(24)17(15-5-2-1-3-6-15)22-10-13-28(25,26)14-11-22/h1-7,12,17H,8-11,13-14H2,(H,20,23)(H,21,24). The Hall–Kier alpha value is -2.65. The summed E-state index contributed by atoms with van der Waals surface area (Å²) >= 11 is 0. The first kappa shape index (κ1) is 20.1. The van der Waals surface area contributed by atoms with E-state index in [1.807, 2.05) is 35.2 Å². The third kappa shape index (κ3) is 5.20. The molecule has 3 rings (SSSR count). The lowest BCUT2D eigenvalue weighted by atomic mass is 10.0. The average Bonchev–Trinajstić information content (AvgIpc) is 3.22. The molecule has 2 aromatic rings. The predicted octanol–water partition coefficient (Wildman–Crippen LogP) is 0.597. The molecule has 0 bridgehead atoms. The normalized spacial score (nSPS) is 17.6. The molecule has 0 aliphatic carbocycles. The van der Waals surface area contributed by atoms with Gasteiger partial charge in [-0.3, -0.25) is 14.5 Å². The molecule has 28 heavy (non-hydrogen) atoms. The Bertz CT molecular complexity index is 883. The Morgan fingerprint density at radius 3 is 2.32 bits per heavy atom. The second kappa shape index (κ2) is 9.03. The van der Waals surface area contributed by atoms with Crippen molar-refractivity contribution in [1.29, 1.82) is 0 Å². The van der Waals surface area contributed by atoms with Gasteiger partial charge in [0.15, 0.2) is 15.6 Å². The van der Waals surface area contributed by atoms with Gasteiger partial charge < -0.3 is 15.1 Å². The second-order valence-corrected chi connectivity index (χ2v) is 8.83. The fraction of sp³-hybridized carbons (Fsp3) is 0.368. The number of furan rings is 1. The van der Waals surface area contributed by atoms with E-state index < -0.39 is 15.9 Å². The van der Waals surface area contributed by atoms with Gasteiger partial charge in [0.05, 0.1) is 17.8 Å². The Labute approximate surface area is 163 Å². The van der Waals surface area contributed by atoms with Crippen LogP contribution in [0, 0.1) is 0 Å². The first-order valence-electron chi connectivity index (χ1n) is 9.05. The van der Waals surface area contributed by atoms with E-state index in [4.69, 9.17) is 4.42 Å². The lowest BCUT2D eigenvalue weighted by molar-refractivity contribution is -0.126. The van der Waals surface area contributed by atoms with E-state index in [0.717, 1.165) is 5.56 Å². The Kier molecular flexibility index (Phi) is 6.48. The maximum Gasteiger partial charge on any atom is 0.287 e. The van der Waals surface area contributed by atoms with Crippen LogP contribution in [0.1, 0.15) is 22.2 Å². The fourth-order valence-electron chi connectivity index (χ4n) is 3.10. The molecule has 1 atom stereocenters. The fourth-order valence-corrected chi connectivity index (χ4v) is 4.33. The van der Waals surface area contributed by atoms with Crippen LogP contribution >= 0.6 is 0 Å². The Morgan fingerprint density at radius 1 is 1.00 bits per heavy atom. The van der Waals surface area contributed by atoms with Gasteiger partial charge in [0.2, 0.25) is 5.91 Å². The summed E-state index contributed by atoms with van der Waals surface area (Å²) in [5, 5.41) is 5.49. The van der Waals surface area contributed by atoms with Crippen LogP contribution in [-0.4, -0.2) is 62.8 Å². The summed E-state index contributed by atoms with van der Waals surface area (Å²) in [6.07, 6.45) is 1.42. The largest absolute Gasteiger partial charge is 0.459 e. The highest BCUT2D eigenvalue weighted by molar-refractivity contribution is 7.91. The zero-order valence-corrected chi connectivity index (χ0v) is 16.2. The highest BCUT2D eigenvalue weighted by atomic mass is 32.2. The summed E-state index contributed by atoms with van der Waals surface area (Å²) in [6, 6.07) is 11.9. The van der Waals surface area contributed by atoms with Crippen molar-refractivity contribution in [3.8, 4) is 0 Å². The van der Waals surface area contributed by atoms with Gasteiger partial charge in [0.25, 0.3) is 5.91 Å². The molecule has 1 saturated heterocycles. The number of benzene rings is 1. The van der Waals surface area contributed by atoms with E-state index in [9.17, 15) is 18.0 Å². The molecule has 2 N–H and O–H groups in total. The summed E-state index contributed by atoms with van der Waals surface area (Å²) in [5.74, 6) is -0.271. The Balaban J connectivity index is 1.58. The number of nitrogens with zero attached hydrogens (tertiary/aromatic N) is 1. The van der Waals surface area contributed by atoms with Crippen molar-refractivity contribution in [2.75, 3.05) is 37.7 Å². The number of sulfone groups is 1. The molecule has 8 nitrogen and oxygen atoms in total. The topological polar surface area (TPSA) is 109 Å². The number of amides is 2. The molecule has 1 aliphatic rings. The van der Waals surface area contributed by atoms with Gasteiger partial charge in [-0.05, 0) is 17.7 Å². The molecule has 1 aliphatic heterocycles. The average molecular weight is 405 g/mol. The maximum absolute atomic E-state index is 12.8. The lowest BCUT2D eigenvalue weighted by Gasteiger charge is -2.33. The zero-order valence-electron chi connectivity index (χ0n) is 15.3. The maximum atomic E-state index is 12.8. The van der Waals surface area contributed by atoms with Crippen LogP contribution in [0.25, 0.3) is 0 Å². The molecule has 2 amide bonds. The minimum Gasteiger partial charge on any atom is -0.459 e. The SMILES string of the molecule is O=C(NCCNC(=O)C(c1ccccc1)N1CCS(=O)(=O)CC1)c1ccco1. The number of carbonyl (C=O) groups is 2. The van der Waals surface area contributed by atoms with Gasteiger partial charge in [-0.25, -0.2) is 8.42 Å². The van der Waals surface area contributed by atoms with Gasteiger partial charge in [-0.15, -0.1) is 0 Å². The highest BCUT2D eigenvalue weighted by Crippen LogP contribution is 2.23. The number of carbonyl (C=O) groups excluding carboxylic acids is 2. The molecule has 0 saturated carbocycles. The number of hydrogen-bond acceptors (Lipinski definition) is 6. The van der Waals surface area contributed by atoms with Crippen LogP contribution in [0.5, 0.6) is 0 Å². The van der Waals surface area contributed by atoms with E-state index in [0.29, 0.717) is 13.1 Å². The molecule has 9 heteroatoms. The van der Waals surface area contributed by atoms with E-state index >= 15 is 0 Å². The van der Waals surface area contributed by atoms with E-state index in [1.54, 1.807) is 12.1 Å². The predicted molar refractivity (Wildman–Crippen MR) is 103 cm³/mol. The summed E-state index contributed by atoms with van der Waals surface area (Å²) in [4.78, 5) is 26.6. The van der Waals surface area contributed by atoms with Gasteiger partial charge >= 0.3 is 0 Å². The minimum absolute atomic E-state index is 0.0445. The third-order valence-electron chi connectivity index (χ3n) is 4.56. The summed E-state index contributed by atoms with van der Waals surface area (Å²) in [7, 11) is -3.04. The quantitative estimate of drug-likeness (QED) is 0.653. The van der Waals surface area contributed by atoms with Crippen molar-refractivity contribution in [3.63, 3.8) is 0 Å². The zero-order chi connectivity index (χ0) is 20.0.